The summed E-state index contributed by atoms with van der Waals surface area (Å²) in [4.78, 5) is 10.3. The quantitative estimate of drug-likeness (QED) is 0.184. The standard InChI is InChI=1S/C46H31N3S/c1-4-15-30(16-5-1)33-27-37-34-21-11-13-26-43(34)50-45(37)42(28-33)49-40-24-12-10-22-36(40)44-35(23-14-25-41(44)49)39-29-38(31-17-6-2-7-18-31)47-46(48-39)32-19-8-3-9-20-32/h1-4,6-15,17-29H,5,16H2. The van der Waals surface area contributed by atoms with E-state index in [4.69, 9.17) is 9.97 Å². The van der Waals surface area contributed by atoms with Crippen molar-refractivity contribution in [3.8, 4) is 39.6 Å². The van der Waals surface area contributed by atoms with Crippen LogP contribution in [0.15, 0.2) is 164 Å². The first kappa shape index (κ1) is 28.9. The summed E-state index contributed by atoms with van der Waals surface area (Å²) < 4.78 is 5.10. The highest BCUT2D eigenvalue weighted by Crippen LogP contribution is 2.45. The molecule has 0 fully saturated rings. The van der Waals surface area contributed by atoms with E-state index in [0.717, 1.165) is 46.7 Å². The van der Waals surface area contributed by atoms with E-state index in [1.165, 1.54) is 58.8 Å². The van der Waals surface area contributed by atoms with Crippen molar-refractivity contribution in [2.45, 2.75) is 12.8 Å². The molecule has 0 atom stereocenters. The van der Waals surface area contributed by atoms with Gasteiger partial charge < -0.3 is 4.57 Å². The number of thiophene rings is 1. The maximum Gasteiger partial charge on any atom is 0.160 e. The molecule has 0 saturated carbocycles. The molecule has 10 rings (SSSR count). The molecule has 0 N–H and O–H groups in total. The van der Waals surface area contributed by atoms with E-state index in [1.54, 1.807) is 0 Å². The van der Waals surface area contributed by atoms with Gasteiger partial charge in [-0.15, -0.1) is 11.3 Å². The molecule has 0 saturated heterocycles. The first-order valence-electron chi connectivity index (χ1n) is 17.1. The second-order valence-electron chi connectivity index (χ2n) is 12.9. The van der Waals surface area contributed by atoms with E-state index in [2.05, 4.69) is 144 Å². The maximum atomic E-state index is 5.26. The molecule has 4 heteroatoms. The summed E-state index contributed by atoms with van der Waals surface area (Å²) in [5, 5.41) is 5.02. The Balaban J connectivity index is 1.28. The van der Waals surface area contributed by atoms with Crippen LogP contribution in [-0.2, 0) is 0 Å². The number of hydrogen-bond donors (Lipinski definition) is 0. The van der Waals surface area contributed by atoms with Gasteiger partial charge in [0.2, 0.25) is 0 Å². The fourth-order valence-electron chi connectivity index (χ4n) is 7.55. The third kappa shape index (κ3) is 4.72. The highest BCUT2D eigenvalue weighted by molar-refractivity contribution is 7.26. The zero-order valence-electron chi connectivity index (χ0n) is 27.3. The molecular formula is C46H31N3S. The highest BCUT2D eigenvalue weighted by atomic mass is 32.1. The minimum atomic E-state index is 0.720. The van der Waals surface area contributed by atoms with Gasteiger partial charge in [0.15, 0.2) is 5.82 Å². The number of para-hydroxylation sites is 1. The number of fused-ring (bicyclic) bond motifs is 6. The van der Waals surface area contributed by atoms with Crippen molar-refractivity contribution in [2.24, 2.45) is 0 Å². The summed E-state index contributed by atoms with van der Waals surface area (Å²) in [5.74, 6) is 0.720. The fraction of sp³-hybridized carbons (Fsp3) is 0.0435. The Bertz CT molecular complexity index is 2750. The molecule has 0 aliphatic heterocycles. The molecular weight excluding hydrogens is 627 g/mol. The second-order valence-corrected chi connectivity index (χ2v) is 13.9. The minimum absolute atomic E-state index is 0.720. The lowest BCUT2D eigenvalue weighted by Gasteiger charge is -2.15. The first-order valence-corrected chi connectivity index (χ1v) is 18.0. The molecule has 0 spiro atoms. The summed E-state index contributed by atoms with van der Waals surface area (Å²) in [5.41, 5.74) is 11.2. The van der Waals surface area contributed by atoms with Crippen molar-refractivity contribution in [3.05, 3.63) is 169 Å². The third-order valence-corrected chi connectivity index (χ3v) is 11.1. The van der Waals surface area contributed by atoms with Gasteiger partial charge in [0.05, 0.1) is 32.8 Å². The number of aromatic nitrogens is 3. The van der Waals surface area contributed by atoms with Crippen LogP contribution in [-0.4, -0.2) is 14.5 Å². The first-order chi connectivity index (χ1) is 24.8. The molecule has 0 unspecified atom stereocenters. The lowest BCUT2D eigenvalue weighted by molar-refractivity contribution is 1.05. The Morgan fingerprint density at radius 1 is 0.560 bits per heavy atom. The van der Waals surface area contributed by atoms with Crippen LogP contribution in [0.4, 0.5) is 0 Å². The Morgan fingerprint density at radius 3 is 2.10 bits per heavy atom. The molecule has 3 nitrogen and oxygen atoms in total. The zero-order chi connectivity index (χ0) is 33.0. The summed E-state index contributed by atoms with van der Waals surface area (Å²) >= 11 is 1.88. The Morgan fingerprint density at radius 2 is 1.28 bits per heavy atom. The van der Waals surface area contributed by atoms with Crippen molar-refractivity contribution < 1.29 is 0 Å². The predicted molar refractivity (Wildman–Crippen MR) is 212 cm³/mol. The molecule has 0 bridgehead atoms. The molecule has 236 valence electrons. The Labute approximate surface area is 294 Å². The summed E-state index contributed by atoms with van der Waals surface area (Å²) in [6, 6.07) is 52.0. The lowest BCUT2D eigenvalue weighted by Crippen LogP contribution is -1.98. The third-order valence-electron chi connectivity index (χ3n) is 9.89. The highest BCUT2D eigenvalue weighted by Gasteiger charge is 2.22. The SMILES string of the molecule is C1=CCCC(c2cc(-n3c4ccccc4c4c(-c5cc(-c6ccccc6)nc(-c6ccccc6)n5)cccc43)c3sc4ccccc4c3c2)=C1. The number of rotatable bonds is 5. The van der Waals surface area contributed by atoms with E-state index >= 15 is 0 Å². The van der Waals surface area contributed by atoms with Crippen LogP contribution < -0.4 is 0 Å². The van der Waals surface area contributed by atoms with Gasteiger partial charge in [-0.3, -0.25) is 0 Å². The lowest BCUT2D eigenvalue weighted by atomic mass is 9.95. The van der Waals surface area contributed by atoms with Crippen LogP contribution in [0.3, 0.4) is 0 Å². The van der Waals surface area contributed by atoms with Gasteiger partial charge in [0.25, 0.3) is 0 Å². The van der Waals surface area contributed by atoms with Crippen molar-refractivity contribution in [3.63, 3.8) is 0 Å². The van der Waals surface area contributed by atoms with Crippen LogP contribution in [0.2, 0.25) is 0 Å². The van der Waals surface area contributed by atoms with Gasteiger partial charge >= 0.3 is 0 Å². The molecule has 0 amide bonds. The van der Waals surface area contributed by atoms with E-state index < -0.39 is 0 Å². The second kappa shape index (κ2) is 11.8. The average Bonchev–Trinajstić information content (AvgIpc) is 3.74. The summed E-state index contributed by atoms with van der Waals surface area (Å²) in [6.07, 6.45) is 8.86. The number of nitrogens with zero attached hydrogens (tertiary/aromatic N) is 3. The summed E-state index contributed by atoms with van der Waals surface area (Å²) in [6.45, 7) is 0. The molecule has 3 aromatic heterocycles. The van der Waals surface area contributed by atoms with Gasteiger partial charge in [0.1, 0.15) is 0 Å². The fourth-order valence-corrected chi connectivity index (χ4v) is 8.74. The molecule has 50 heavy (non-hydrogen) atoms. The molecule has 1 aliphatic carbocycles. The average molecular weight is 658 g/mol. The van der Waals surface area contributed by atoms with Crippen molar-refractivity contribution >= 4 is 58.9 Å². The Kier molecular flexibility index (Phi) is 6.81. The number of benzene rings is 6. The normalized spacial score (nSPS) is 13.1. The molecule has 9 aromatic rings. The minimum Gasteiger partial charge on any atom is -0.308 e. The smallest absolute Gasteiger partial charge is 0.160 e. The van der Waals surface area contributed by atoms with Crippen LogP contribution in [0.25, 0.3) is 87.1 Å². The largest absolute Gasteiger partial charge is 0.308 e. The van der Waals surface area contributed by atoms with Gasteiger partial charge in [-0.2, -0.15) is 0 Å². The molecule has 6 aromatic carbocycles. The monoisotopic (exact) mass is 657 g/mol. The van der Waals surface area contributed by atoms with Gasteiger partial charge in [-0.1, -0.05) is 127 Å². The summed E-state index contributed by atoms with van der Waals surface area (Å²) in [7, 11) is 0. The molecule has 1 aliphatic rings. The zero-order valence-corrected chi connectivity index (χ0v) is 28.1. The van der Waals surface area contributed by atoms with E-state index in [9.17, 15) is 0 Å². The van der Waals surface area contributed by atoms with Gasteiger partial charge in [-0.05, 0) is 60.4 Å². The number of allylic oxidation sites excluding steroid dienone is 4. The van der Waals surface area contributed by atoms with Crippen LogP contribution >= 0.6 is 11.3 Å². The molecule has 3 heterocycles. The van der Waals surface area contributed by atoms with E-state index in [1.807, 2.05) is 35.6 Å². The topological polar surface area (TPSA) is 30.7 Å². The van der Waals surface area contributed by atoms with Crippen molar-refractivity contribution in [1.82, 2.24) is 14.5 Å². The maximum absolute atomic E-state index is 5.26. The predicted octanol–water partition coefficient (Wildman–Crippen LogP) is 12.7. The molecule has 0 radical (unpaired) electrons. The van der Waals surface area contributed by atoms with Gasteiger partial charge in [0, 0.05) is 42.9 Å². The van der Waals surface area contributed by atoms with Crippen LogP contribution in [0, 0.1) is 0 Å². The number of hydrogen-bond acceptors (Lipinski definition) is 3. The van der Waals surface area contributed by atoms with Crippen molar-refractivity contribution in [1.29, 1.82) is 0 Å². The van der Waals surface area contributed by atoms with Crippen LogP contribution in [0.5, 0.6) is 0 Å². The van der Waals surface area contributed by atoms with Crippen LogP contribution in [0.1, 0.15) is 18.4 Å². The Hall–Kier alpha value is -6.10. The van der Waals surface area contributed by atoms with Gasteiger partial charge in [-0.25, -0.2) is 9.97 Å². The van der Waals surface area contributed by atoms with Crippen molar-refractivity contribution in [2.75, 3.05) is 0 Å². The van der Waals surface area contributed by atoms with E-state index in [0.29, 0.717) is 0 Å². The van der Waals surface area contributed by atoms with E-state index in [-0.39, 0.29) is 0 Å².